The lowest BCUT2D eigenvalue weighted by Crippen LogP contribution is -2.11. The second kappa shape index (κ2) is 17.0. The van der Waals surface area contributed by atoms with E-state index in [4.69, 9.17) is 9.47 Å². The Morgan fingerprint density at radius 2 is 0.974 bits per heavy atom. The molecule has 0 aliphatic carbocycles. The summed E-state index contributed by atoms with van der Waals surface area (Å²) in [6.45, 7) is 1.42. The van der Waals surface area contributed by atoms with Crippen LogP contribution in [0.3, 0.4) is 0 Å². The SMILES string of the molecule is COCCCCCCCc1cc(C(=O)O)ccc1S(=O)(=O)c1ccc(C(=O)O)cc1CCCCCCCOC. The zero-order chi connectivity index (χ0) is 28.7. The molecule has 216 valence electrons. The van der Waals surface area contributed by atoms with Crippen molar-refractivity contribution in [1.82, 2.24) is 0 Å². The van der Waals surface area contributed by atoms with Gasteiger partial charge in [-0.2, -0.15) is 0 Å². The van der Waals surface area contributed by atoms with Crippen LogP contribution in [0.5, 0.6) is 0 Å². The molecule has 2 N–H and O–H groups in total. The van der Waals surface area contributed by atoms with E-state index in [0.717, 1.165) is 64.2 Å². The first-order valence-corrected chi connectivity index (χ1v) is 15.2. The maximum Gasteiger partial charge on any atom is 0.335 e. The summed E-state index contributed by atoms with van der Waals surface area (Å²) in [5, 5.41) is 19.0. The quantitative estimate of drug-likeness (QED) is 0.183. The van der Waals surface area contributed by atoms with Gasteiger partial charge in [0.1, 0.15) is 0 Å². The molecule has 39 heavy (non-hydrogen) atoms. The van der Waals surface area contributed by atoms with E-state index in [9.17, 15) is 28.2 Å². The molecule has 0 saturated carbocycles. The van der Waals surface area contributed by atoms with Gasteiger partial charge in [0.2, 0.25) is 9.84 Å². The molecule has 0 aromatic heterocycles. The van der Waals surface area contributed by atoms with Gasteiger partial charge in [-0.3, -0.25) is 0 Å². The second-order valence-electron chi connectivity index (χ2n) is 9.78. The molecule has 0 heterocycles. The first-order valence-electron chi connectivity index (χ1n) is 13.7. The van der Waals surface area contributed by atoms with E-state index in [0.29, 0.717) is 37.2 Å². The summed E-state index contributed by atoms with van der Waals surface area (Å²) in [4.78, 5) is 23.4. The molecule has 0 fully saturated rings. The number of rotatable bonds is 20. The fourth-order valence-electron chi connectivity index (χ4n) is 4.64. The van der Waals surface area contributed by atoms with Gasteiger partial charge in [0.05, 0.1) is 20.9 Å². The van der Waals surface area contributed by atoms with Crippen LogP contribution in [0.25, 0.3) is 0 Å². The fraction of sp³-hybridized carbons (Fsp3) is 0.533. The molecule has 0 aliphatic rings. The number of carboxylic acid groups (broad SMARTS) is 2. The number of hydrogen-bond donors (Lipinski definition) is 2. The van der Waals surface area contributed by atoms with E-state index in [2.05, 4.69) is 0 Å². The Bertz CT molecular complexity index is 1090. The largest absolute Gasteiger partial charge is 0.478 e. The van der Waals surface area contributed by atoms with E-state index in [1.165, 1.54) is 36.4 Å². The van der Waals surface area contributed by atoms with Crippen molar-refractivity contribution in [2.75, 3.05) is 27.4 Å². The van der Waals surface area contributed by atoms with Crippen molar-refractivity contribution < 1.29 is 37.7 Å². The third kappa shape index (κ3) is 10.4. The summed E-state index contributed by atoms with van der Waals surface area (Å²) >= 11 is 0. The van der Waals surface area contributed by atoms with E-state index >= 15 is 0 Å². The first-order chi connectivity index (χ1) is 18.7. The van der Waals surface area contributed by atoms with E-state index < -0.39 is 21.8 Å². The Labute approximate surface area is 232 Å². The van der Waals surface area contributed by atoms with E-state index in [1.54, 1.807) is 14.2 Å². The molecule has 0 amide bonds. The van der Waals surface area contributed by atoms with Crippen LogP contribution < -0.4 is 0 Å². The average molecular weight is 563 g/mol. The summed E-state index contributed by atoms with van der Waals surface area (Å²) in [7, 11) is -0.675. The number of benzene rings is 2. The molecule has 0 bridgehead atoms. The molecule has 0 spiro atoms. The number of methoxy groups -OCH3 is 2. The molecular weight excluding hydrogens is 520 g/mol. The van der Waals surface area contributed by atoms with Crippen LogP contribution in [-0.4, -0.2) is 58.0 Å². The Morgan fingerprint density at radius 1 is 0.615 bits per heavy atom. The molecule has 0 aliphatic heterocycles. The summed E-state index contributed by atoms with van der Waals surface area (Å²) < 4.78 is 38.0. The monoisotopic (exact) mass is 562 g/mol. The number of carboxylic acids is 2. The van der Waals surface area contributed by atoms with Crippen LogP contribution in [0.1, 0.15) is 96.1 Å². The molecule has 0 saturated heterocycles. The normalized spacial score (nSPS) is 11.5. The Kier molecular flexibility index (Phi) is 14.2. The van der Waals surface area contributed by atoms with Crippen LogP contribution >= 0.6 is 0 Å². The highest BCUT2D eigenvalue weighted by atomic mass is 32.2. The van der Waals surface area contributed by atoms with Crippen molar-refractivity contribution in [3.63, 3.8) is 0 Å². The summed E-state index contributed by atoms with van der Waals surface area (Å²) in [6.07, 6.45) is 10.0. The van der Waals surface area contributed by atoms with Gasteiger partial charge in [0.15, 0.2) is 0 Å². The topological polar surface area (TPSA) is 127 Å². The number of sulfone groups is 1. The minimum atomic E-state index is -4.01. The molecule has 2 aromatic carbocycles. The maximum atomic E-state index is 13.9. The van der Waals surface area contributed by atoms with Gasteiger partial charge >= 0.3 is 11.9 Å². The smallest absolute Gasteiger partial charge is 0.335 e. The molecular formula is C30H42O8S. The van der Waals surface area contributed by atoms with Gasteiger partial charge in [-0.05, 0) is 86.1 Å². The summed E-state index contributed by atoms with van der Waals surface area (Å²) in [6, 6.07) is 8.27. The van der Waals surface area contributed by atoms with Crippen molar-refractivity contribution in [2.45, 2.75) is 86.8 Å². The molecule has 0 atom stereocenters. The van der Waals surface area contributed by atoms with Crippen molar-refractivity contribution in [3.8, 4) is 0 Å². The predicted molar refractivity (Wildman–Crippen MR) is 150 cm³/mol. The Balaban J connectivity index is 2.30. The number of carbonyl (C=O) groups is 2. The van der Waals surface area contributed by atoms with E-state index in [-0.39, 0.29) is 20.9 Å². The zero-order valence-electron chi connectivity index (χ0n) is 23.1. The third-order valence-electron chi connectivity index (χ3n) is 6.78. The number of hydrogen-bond acceptors (Lipinski definition) is 6. The van der Waals surface area contributed by atoms with Gasteiger partial charge in [-0.25, -0.2) is 18.0 Å². The molecule has 2 aromatic rings. The van der Waals surface area contributed by atoms with Gasteiger partial charge in [-0.1, -0.05) is 38.5 Å². The van der Waals surface area contributed by atoms with Gasteiger partial charge < -0.3 is 19.7 Å². The second-order valence-corrected chi connectivity index (χ2v) is 11.7. The summed E-state index contributed by atoms with van der Waals surface area (Å²) in [5.41, 5.74) is 1.02. The molecule has 2 rings (SSSR count). The van der Waals surface area contributed by atoms with Gasteiger partial charge in [-0.15, -0.1) is 0 Å². The van der Waals surface area contributed by atoms with Crippen LogP contribution in [0.2, 0.25) is 0 Å². The average Bonchev–Trinajstić information content (AvgIpc) is 2.91. The number of aryl methyl sites for hydroxylation is 2. The van der Waals surface area contributed by atoms with Crippen molar-refractivity contribution in [1.29, 1.82) is 0 Å². The van der Waals surface area contributed by atoms with Gasteiger partial charge in [0, 0.05) is 27.4 Å². The minimum absolute atomic E-state index is 0.0407. The van der Waals surface area contributed by atoms with E-state index in [1.807, 2.05) is 0 Å². The van der Waals surface area contributed by atoms with Crippen molar-refractivity contribution in [3.05, 3.63) is 58.7 Å². The Morgan fingerprint density at radius 3 is 1.33 bits per heavy atom. The highest BCUT2D eigenvalue weighted by Crippen LogP contribution is 2.30. The predicted octanol–water partition coefficient (Wildman–Crippen LogP) is 6.19. The lowest BCUT2D eigenvalue weighted by molar-refractivity contribution is 0.0686. The molecule has 0 radical (unpaired) electrons. The van der Waals surface area contributed by atoms with Crippen LogP contribution in [-0.2, 0) is 32.2 Å². The number of unbranched alkanes of at least 4 members (excludes halogenated alkanes) is 8. The first kappa shape index (κ1) is 32.5. The third-order valence-corrected chi connectivity index (χ3v) is 8.74. The minimum Gasteiger partial charge on any atom is -0.478 e. The van der Waals surface area contributed by atoms with Crippen LogP contribution in [0, 0.1) is 0 Å². The number of aromatic carboxylic acids is 2. The highest BCUT2D eigenvalue weighted by Gasteiger charge is 2.26. The molecule has 8 nitrogen and oxygen atoms in total. The number of ether oxygens (including phenoxy) is 2. The summed E-state index contributed by atoms with van der Waals surface area (Å²) in [5.74, 6) is -2.23. The zero-order valence-corrected chi connectivity index (χ0v) is 23.9. The molecule has 0 unspecified atom stereocenters. The Hall–Kier alpha value is -2.75. The standard InChI is InChI=1S/C30H42O8S/c1-37-19-11-7-3-5-9-13-23-21-25(29(31)32)15-17-27(23)39(35,36)28-18-16-26(30(33)34)22-24(28)14-10-6-4-8-12-20-38-2/h15-18,21-22H,3-14,19-20H2,1-2H3,(H,31,32)(H,33,34). The fourth-order valence-corrected chi connectivity index (χ4v) is 6.39. The van der Waals surface area contributed by atoms with Crippen molar-refractivity contribution in [2.24, 2.45) is 0 Å². The van der Waals surface area contributed by atoms with Gasteiger partial charge in [0.25, 0.3) is 0 Å². The highest BCUT2D eigenvalue weighted by molar-refractivity contribution is 7.91. The lowest BCUT2D eigenvalue weighted by atomic mass is 10.0. The van der Waals surface area contributed by atoms with Crippen LogP contribution in [0.15, 0.2) is 46.2 Å². The maximum absolute atomic E-state index is 13.9. The lowest BCUT2D eigenvalue weighted by Gasteiger charge is -2.15. The van der Waals surface area contributed by atoms with Crippen molar-refractivity contribution >= 4 is 21.8 Å². The van der Waals surface area contributed by atoms with Crippen LogP contribution in [0.4, 0.5) is 0 Å². The molecule has 9 heteroatoms.